The van der Waals surface area contributed by atoms with Crippen molar-refractivity contribution in [1.82, 2.24) is 9.88 Å². The van der Waals surface area contributed by atoms with E-state index in [0.29, 0.717) is 30.8 Å². The van der Waals surface area contributed by atoms with Crippen LogP contribution in [0.4, 0.5) is 0 Å². The summed E-state index contributed by atoms with van der Waals surface area (Å²) in [6.07, 6.45) is 4.10. The molecule has 0 saturated heterocycles. The van der Waals surface area contributed by atoms with Gasteiger partial charge in [-0.15, -0.1) is 0 Å². The second-order valence-electron chi connectivity index (χ2n) is 6.52. The molecule has 3 rings (SSSR count). The number of aliphatic hydroxyl groups is 1. The van der Waals surface area contributed by atoms with Crippen LogP contribution in [-0.2, 0) is 6.54 Å². The fourth-order valence-corrected chi connectivity index (χ4v) is 3.33. The Morgan fingerprint density at radius 1 is 1.17 bits per heavy atom. The van der Waals surface area contributed by atoms with Gasteiger partial charge < -0.3 is 15.0 Å². The summed E-state index contributed by atoms with van der Waals surface area (Å²) in [4.78, 5) is 28.2. The second kappa shape index (κ2) is 7.01. The molecule has 1 saturated carbocycles. The highest BCUT2D eigenvalue weighted by atomic mass is 16.3. The fourth-order valence-electron chi connectivity index (χ4n) is 3.33. The molecule has 1 fully saturated rings. The minimum absolute atomic E-state index is 0.202. The van der Waals surface area contributed by atoms with Crippen LogP contribution < -0.4 is 0 Å². The number of hydrogen-bond donors (Lipinski definition) is 2. The van der Waals surface area contributed by atoms with Gasteiger partial charge in [0, 0.05) is 6.54 Å². The zero-order valence-corrected chi connectivity index (χ0v) is 13.6. The third-order valence-corrected chi connectivity index (χ3v) is 4.59. The number of H-pyrrole nitrogens is 1. The highest BCUT2D eigenvalue weighted by Gasteiger charge is 2.35. The van der Waals surface area contributed by atoms with Gasteiger partial charge in [-0.2, -0.15) is 0 Å². The first kappa shape index (κ1) is 16.5. The lowest BCUT2D eigenvalue weighted by Crippen LogP contribution is -2.44. The standard InChI is InChI=1S/C19H22N2O3/c22-13-16-8-9-17(20-16)18(23)21(12-15-6-2-1-3-7-15)14-19(24)10-4-5-11-19/h1-3,6-9,13,20,24H,4-5,10-12,14H2. The molecular weight excluding hydrogens is 304 g/mol. The van der Waals surface area contributed by atoms with E-state index in [1.165, 1.54) is 0 Å². The number of aldehydes is 1. The molecule has 1 amide bonds. The Hall–Kier alpha value is -2.40. The predicted octanol–water partition coefficient (Wildman–Crippen LogP) is 2.77. The van der Waals surface area contributed by atoms with Gasteiger partial charge >= 0.3 is 0 Å². The summed E-state index contributed by atoms with van der Waals surface area (Å²) < 4.78 is 0. The van der Waals surface area contributed by atoms with Gasteiger partial charge in [0.05, 0.1) is 17.8 Å². The number of carbonyl (C=O) groups excluding carboxylic acids is 2. The van der Waals surface area contributed by atoms with E-state index >= 15 is 0 Å². The van der Waals surface area contributed by atoms with Crippen LogP contribution in [0.5, 0.6) is 0 Å². The Morgan fingerprint density at radius 2 is 1.88 bits per heavy atom. The van der Waals surface area contributed by atoms with E-state index in [4.69, 9.17) is 0 Å². The summed E-state index contributed by atoms with van der Waals surface area (Å²) >= 11 is 0. The average Bonchev–Trinajstić information content (AvgIpc) is 3.24. The third-order valence-electron chi connectivity index (χ3n) is 4.59. The molecule has 1 aliphatic carbocycles. The zero-order valence-electron chi connectivity index (χ0n) is 13.6. The predicted molar refractivity (Wildman–Crippen MR) is 90.8 cm³/mol. The number of aromatic nitrogens is 1. The Bertz CT molecular complexity index is 702. The summed E-state index contributed by atoms with van der Waals surface area (Å²) in [6.45, 7) is 0.730. The van der Waals surface area contributed by atoms with E-state index in [1.807, 2.05) is 30.3 Å². The Balaban J connectivity index is 1.82. The highest BCUT2D eigenvalue weighted by Crippen LogP contribution is 2.31. The van der Waals surface area contributed by atoms with Crippen LogP contribution >= 0.6 is 0 Å². The van der Waals surface area contributed by atoms with Gasteiger partial charge in [-0.1, -0.05) is 43.2 Å². The van der Waals surface area contributed by atoms with E-state index in [1.54, 1.807) is 17.0 Å². The van der Waals surface area contributed by atoms with Gasteiger partial charge in [0.1, 0.15) is 5.69 Å². The highest BCUT2D eigenvalue weighted by molar-refractivity contribution is 5.93. The van der Waals surface area contributed by atoms with Gasteiger partial charge in [-0.3, -0.25) is 9.59 Å². The lowest BCUT2D eigenvalue weighted by atomic mass is 10.0. The van der Waals surface area contributed by atoms with E-state index in [2.05, 4.69) is 4.98 Å². The monoisotopic (exact) mass is 326 g/mol. The topological polar surface area (TPSA) is 73.4 Å². The number of carbonyl (C=O) groups is 2. The molecule has 1 aromatic carbocycles. The van der Waals surface area contributed by atoms with E-state index in [9.17, 15) is 14.7 Å². The molecule has 126 valence electrons. The molecule has 0 spiro atoms. The summed E-state index contributed by atoms with van der Waals surface area (Å²) in [6, 6.07) is 12.9. The number of nitrogens with zero attached hydrogens (tertiary/aromatic N) is 1. The van der Waals surface area contributed by atoms with Crippen molar-refractivity contribution in [2.24, 2.45) is 0 Å². The Labute approximate surface area is 141 Å². The molecule has 5 heteroatoms. The van der Waals surface area contributed by atoms with Gasteiger partial charge in [-0.05, 0) is 30.5 Å². The summed E-state index contributed by atoms with van der Waals surface area (Å²) in [5.74, 6) is -0.202. The van der Waals surface area contributed by atoms with E-state index < -0.39 is 5.60 Å². The molecule has 5 nitrogen and oxygen atoms in total. The van der Waals surface area contributed by atoms with E-state index in [-0.39, 0.29) is 5.91 Å². The summed E-state index contributed by atoms with van der Waals surface area (Å²) in [5.41, 5.74) is 0.937. The van der Waals surface area contributed by atoms with Gasteiger partial charge in [-0.25, -0.2) is 0 Å². The summed E-state index contributed by atoms with van der Waals surface area (Å²) in [7, 11) is 0. The molecule has 0 atom stereocenters. The molecule has 24 heavy (non-hydrogen) atoms. The molecule has 0 radical (unpaired) electrons. The average molecular weight is 326 g/mol. The molecule has 2 aromatic rings. The van der Waals surface area contributed by atoms with Crippen molar-refractivity contribution in [3.63, 3.8) is 0 Å². The number of aromatic amines is 1. The van der Waals surface area contributed by atoms with Gasteiger partial charge in [0.2, 0.25) is 0 Å². The third kappa shape index (κ3) is 3.74. The first-order valence-electron chi connectivity index (χ1n) is 8.29. The zero-order chi connectivity index (χ0) is 17.0. The van der Waals surface area contributed by atoms with Crippen LogP contribution in [0.25, 0.3) is 0 Å². The molecule has 2 N–H and O–H groups in total. The van der Waals surface area contributed by atoms with Crippen molar-refractivity contribution in [2.45, 2.75) is 37.8 Å². The van der Waals surface area contributed by atoms with Crippen LogP contribution in [0.2, 0.25) is 0 Å². The SMILES string of the molecule is O=Cc1ccc(C(=O)N(Cc2ccccc2)CC2(O)CCCC2)[nH]1. The van der Waals surface area contributed by atoms with Crippen LogP contribution in [0.1, 0.15) is 52.2 Å². The second-order valence-corrected chi connectivity index (χ2v) is 6.52. The number of nitrogens with one attached hydrogen (secondary N) is 1. The number of rotatable bonds is 6. The first-order valence-corrected chi connectivity index (χ1v) is 8.29. The van der Waals surface area contributed by atoms with Crippen LogP contribution in [0.3, 0.4) is 0 Å². The normalized spacial score (nSPS) is 16.0. The van der Waals surface area contributed by atoms with Crippen molar-refractivity contribution in [3.05, 3.63) is 59.4 Å². The lowest BCUT2D eigenvalue weighted by molar-refractivity contribution is 0.00766. The van der Waals surface area contributed by atoms with Crippen molar-refractivity contribution < 1.29 is 14.7 Å². The maximum Gasteiger partial charge on any atom is 0.270 e. The molecular formula is C19H22N2O3. The smallest absolute Gasteiger partial charge is 0.270 e. The number of amides is 1. The van der Waals surface area contributed by atoms with Crippen molar-refractivity contribution in [3.8, 4) is 0 Å². The first-order chi connectivity index (χ1) is 11.6. The van der Waals surface area contributed by atoms with Gasteiger partial charge in [0.25, 0.3) is 5.91 Å². The minimum atomic E-state index is -0.815. The Kier molecular flexibility index (Phi) is 4.81. The molecule has 0 unspecified atom stereocenters. The van der Waals surface area contributed by atoms with Crippen molar-refractivity contribution in [1.29, 1.82) is 0 Å². The molecule has 0 aliphatic heterocycles. The largest absolute Gasteiger partial charge is 0.388 e. The summed E-state index contributed by atoms with van der Waals surface area (Å²) in [5, 5.41) is 10.7. The maximum absolute atomic E-state index is 12.9. The molecule has 1 aromatic heterocycles. The van der Waals surface area contributed by atoms with Crippen molar-refractivity contribution in [2.75, 3.05) is 6.54 Å². The number of hydrogen-bond acceptors (Lipinski definition) is 3. The van der Waals surface area contributed by atoms with Gasteiger partial charge in [0.15, 0.2) is 6.29 Å². The number of benzene rings is 1. The van der Waals surface area contributed by atoms with Crippen molar-refractivity contribution >= 4 is 12.2 Å². The van der Waals surface area contributed by atoms with Crippen LogP contribution in [0.15, 0.2) is 42.5 Å². The van der Waals surface area contributed by atoms with Crippen LogP contribution in [-0.4, -0.2) is 39.3 Å². The van der Waals surface area contributed by atoms with E-state index in [0.717, 1.165) is 31.2 Å². The molecule has 1 aliphatic rings. The lowest BCUT2D eigenvalue weighted by Gasteiger charge is -2.31. The minimum Gasteiger partial charge on any atom is -0.388 e. The Morgan fingerprint density at radius 3 is 2.50 bits per heavy atom. The van der Waals surface area contributed by atoms with Crippen LogP contribution in [0, 0.1) is 0 Å². The maximum atomic E-state index is 12.9. The quantitative estimate of drug-likeness (QED) is 0.802. The molecule has 0 bridgehead atoms. The fraction of sp³-hybridized carbons (Fsp3) is 0.368. The molecule has 1 heterocycles.